The fraction of sp³-hybridized carbons (Fsp3) is 0.292. The number of aryl methyl sites for hydroxylation is 2. The van der Waals surface area contributed by atoms with Crippen LogP contribution in [0, 0.1) is 6.92 Å². The molecule has 0 aliphatic carbocycles. The quantitative estimate of drug-likeness (QED) is 0.522. The summed E-state index contributed by atoms with van der Waals surface area (Å²) in [6.45, 7) is 9.98. The van der Waals surface area contributed by atoms with E-state index in [-0.39, 0.29) is 5.41 Å². The Hall–Kier alpha value is -2.39. The first-order valence-corrected chi connectivity index (χ1v) is 10.4. The Balaban J connectivity index is 1.71. The van der Waals surface area contributed by atoms with Gasteiger partial charge in [0.25, 0.3) is 5.01 Å². The minimum atomic E-state index is 0.0215. The molecule has 0 saturated carbocycles. The molecule has 3 heteroatoms. The maximum Gasteiger partial charge on any atom is 0.262 e. The molecule has 4 rings (SSSR count). The molecule has 0 saturated heterocycles. The highest BCUT2D eigenvalue weighted by Gasteiger charge is 2.37. The van der Waals surface area contributed by atoms with E-state index in [1.54, 1.807) is 0 Å². The van der Waals surface area contributed by atoms with Gasteiger partial charge >= 0.3 is 0 Å². The highest BCUT2D eigenvalue weighted by Crippen LogP contribution is 2.46. The molecular weight excluding hydrogens is 348 g/mol. The van der Waals surface area contributed by atoms with Crippen LogP contribution in [0.4, 0.5) is 5.69 Å². The van der Waals surface area contributed by atoms with Gasteiger partial charge in [0.05, 0.1) is 0 Å². The molecule has 2 nitrogen and oxygen atoms in total. The number of rotatable bonds is 3. The molecule has 0 fully saturated rings. The first-order chi connectivity index (χ1) is 12.9. The van der Waals surface area contributed by atoms with Gasteiger partial charge in [-0.05, 0) is 43.2 Å². The third-order valence-electron chi connectivity index (χ3n) is 5.64. The summed E-state index contributed by atoms with van der Waals surface area (Å²) in [5.74, 6) is 0. The van der Waals surface area contributed by atoms with Crippen molar-refractivity contribution in [2.75, 3.05) is 11.9 Å². The van der Waals surface area contributed by atoms with E-state index >= 15 is 0 Å². The lowest BCUT2D eigenvalue weighted by atomic mass is 9.84. The maximum atomic E-state index is 2.40. The number of anilines is 1. The molecule has 2 aromatic carbocycles. The van der Waals surface area contributed by atoms with Crippen LogP contribution in [0.5, 0.6) is 0 Å². The Morgan fingerprint density at radius 2 is 1.93 bits per heavy atom. The minimum absolute atomic E-state index is 0.0215. The summed E-state index contributed by atoms with van der Waals surface area (Å²) >= 11 is 1.86. The van der Waals surface area contributed by atoms with Crippen molar-refractivity contribution in [3.05, 3.63) is 76.4 Å². The number of hydrogen-bond acceptors (Lipinski definition) is 2. The number of nitrogens with zero attached hydrogens (tertiary/aromatic N) is 2. The fourth-order valence-electron chi connectivity index (χ4n) is 4.18. The van der Waals surface area contributed by atoms with Gasteiger partial charge in [-0.2, -0.15) is 4.57 Å². The van der Waals surface area contributed by atoms with E-state index in [4.69, 9.17) is 0 Å². The van der Waals surface area contributed by atoms with Crippen molar-refractivity contribution in [1.29, 1.82) is 0 Å². The van der Waals surface area contributed by atoms with Gasteiger partial charge in [-0.1, -0.05) is 55.5 Å². The number of thiazole rings is 1. The third-order valence-corrected chi connectivity index (χ3v) is 6.77. The topological polar surface area (TPSA) is 7.12 Å². The summed E-state index contributed by atoms with van der Waals surface area (Å²) in [5, 5.41) is 1.30. The van der Waals surface area contributed by atoms with E-state index in [1.807, 2.05) is 11.3 Å². The number of para-hydroxylation sites is 1. The van der Waals surface area contributed by atoms with E-state index in [0.29, 0.717) is 0 Å². The molecule has 1 aliphatic heterocycles. The zero-order chi connectivity index (χ0) is 19.2. The van der Waals surface area contributed by atoms with Gasteiger partial charge in [-0.15, -0.1) is 0 Å². The van der Waals surface area contributed by atoms with Gasteiger partial charge in [0.15, 0.2) is 0 Å². The number of allylic oxidation sites excluding steroid dienone is 3. The van der Waals surface area contributed by atoms with Crippen LogP contribution < -0.4 is 9.47 Å². The van der Waals surface area contributed by atoms with E-state index in [0.717, 1.165) is 6.54 Å². The first-order valence-electron chi connectivity index (χ1n) is 9.58. The lowest BCUT2D eigenvalue weighted by Gasteiger charge is -2.23. The maximum absolute atomic E-state index is 2.40. The molecule has 138 valence electrons. The van der Waals surface area contributed by atoms with Crippen LogP contribution >= 0.6 is 11.3 Å². The molecule has 3 aromatic rings. The number of hydrogen-bond donors (Lipinski definition) is 0. The van der Waals surface area contributed by atoms with Crippen LogP contribution in [-0.2, 0) is 12.0 Å². The summed E-state index contributed by atoms with van der Waals surface area (Å²) in [6, 6.07) is 15.4. The first kappa shape index (κ1) is 18.0. The molecule has 0 atom stereocenters. The molecular formula is C24H27N2S+. The van der Waals surface area contributed by atoms with Crippen molar-refractivity contribution < 1.29 is 4.57 Å². The molecule has 0 spiro atoms. The van der Waals surface area contributed by atoms with E-state index < -0.39 is 0 Å². The molecule has 0 amide bonds. The van der Waals surface area contributed by atoms with Crippen LogP contribution in [0.25, 0.3) is 16.3 Å². The standard InChI is InChI=1S/C24H27N2S/c1-6-26-20-16-17(2)14-15-21(20)27-23(26)13-9-12-22-24(3,4)18-10-7-8-11-19(18)25(22)5/h7-16H,6H2,1-5H3/q+1. The van der Waals surface area contributed by atoms with Gasteiger partial charge in [0, 0.05) is 36.0 Å². The molecule has 0 radical (unpaired) electrons. The van der Waals surface area contributed by atoms with E-state index in [1.165, 1.54) is 37.7 Å². The van der Waals surface area contributed by atoms with Crippen molar-refractivity contribution in [3.63, 3.8) is 0 Å². The lowest BCUT2D eigenvalue weighted by molar-refractivity contribution is -0.665. The highest BCUT2D eigenvalue weighted by atomic mass is 32.1. The second-order valence-corrected chi connectivity index (χ2v) is 8.83. The molecule has 0 bridgehead atoms. The Labute approximate surface area is 166 Å². The Bertz CT molecular complexity index is 1070. The summed E-state index contributed by atoms with van der Waals surface area (Å²) in [6.07, 6.45) is 6.74. The Kier molecular flexibility index (Phi) is 4.43. The number of benzene rings is 2. The normalized spacial score (nSPS) is 17.4. The smallest absolute Gasteiger partial charge is 0.262 e. The second-order valence-electron chi connectivity index (χ2n) is 7.77. The SMILES string of the molecule is CC[n+]1c(C=CC=C2N(C)c3ccccc3C2(C)C)sc2ccc(C)cc21. The van der Waals surface area contributed by atoms with Gasteiger partial charge in [-0.3, -0.25) is 0 Å². The van der Waals surface area contributed by atoms with Crippen LogP contribution in [-0.4, -0.2) is 7.05 Å². The third kappa shape index (κ3) is 2.90. The summed E-state index contributed by atoms with van der Waals surface area (Å²) in [4.78, 5) is 2.32. The fourth-order valence-corrected chi connectivity index (χ4v) is 5.30. The van der Waals surface area contributed by atoms with E-state index in [9.17, 15) is 0 Å². The zero-order valence-corrected chi connectivity index (χ0v) is 17.6. The van der Waals surface area contributed by atoms with Gasteiger partial charge in [0.2, 0.25) is 5.52 Å². The zero-order valence-electron chi connectivity index (χ0n) is 16.8. The summed E-state index contributed by atoms with van der Waals surface area (Å²) < 4.78 is 3.75. The molecule has 1 aromatic heterocycles. The van der Waals surface area contributed by atoms with Crippen molar-refractivity contribution in [1.82, 2.24) is 0 Å². The average Bonchev–Trinajstić information content (AvgIpc) is 3.09. The van der Waals surface area contributed by atoms with Gasteiger partial charge in [0.1, 0.15) is 11.2 Å². The highest BCUT2D eigenvalue weighted by molar-refractivity contribution is 7.18. The molecule has 27 heavy (non-hydrogen) atoms. The van der Waals surface area contributed by atoms with Crippen molar-refractivity contribution >= 4 is 33.3 Å². The number of fused-ring (bicyclic) bond motifs is 2. The van der Waals surface area contributed by atoms with Crippen molar-refractivity contribution in [3.8, 4) is 0 Å². The lowest BCUT2D eigenvalue weighted by Crippen LogP contribution is -2.33. The number of aromatic nitrogens is 1. The molecule has 2 heterocycles. The minimum Gasteiger partial charge on any atom is -0.347 e. The van der Waals surface area contributed by atoms with Crippen LogP contribution in [0.2, 0.25) is 0 Å². The van der Waals surface area contributed by atoms with Gasteiger partial charge in [-0.25, -0.2) is 0 Å². The van der Waals surface area contributed by atoms with E-state index in [2.05, 4.69) is 105 Å². The average molecular weight is 376 g/mol. The molecule has 0 unspecified atom stereocenters. The molecule has 0 N–H and O–H groups in total. The predicted molar refractivity (Wildman–Crippen MR) is 117 cm³/mol. The second kappa shape index (κ2) is 6.65. The van der Waals surface area contributed by atoms with Crippen molar-refractivity contribution in [2.45, 2.75) is 39.7 Å². The number of likely N-dealkylation sites (N-methyl/N-ethyl adjacent to an activating group) is 1. The predicted octanol–water partition coefficient (Wildman–Crippen LogP) is 5.84. The largest absolute Gasteiger partial charge is 0.347 e. The van der Waals surface area contributed by atoms with Crippen molar-refractivity contribution in [2.24, 2.45) is 0 Å². The summed E-state index contributed by atoms with van der Waals surface area (Å²) in [7, 11) is 2.17. The monoisotopic (exact) mass is 375 g/mol. The van der Waals surface area contributed by atoms with Crippen LogP contribution in [0.3, 0.4) is 0 Å². The Morgan fingerprint density at radius 3 is 2.67 bits per heavy atom. The van der Waals surface area contributed by atoms with Crippen LogP contribution in [0.15, 0.2) is 60.3 Å². The summed E-state index contributed by atoms with van der Waals surface area (Å²) in [5.41, 5.74) is 6.71. The van der Waals surface area contributed by atoms with Crippen LogP contribution in [0.1, 0.15) is 36.9 Å². The Morgan fingerprint density at radius 1 is 1.15 bits per heavy atom. The van der Waals surface area contributed by atoms with Gasteiger partial charge < -0.3 is 4.90 Å². The molecule has 1 aliphatic rings.